The number of methoxy groups -OCH3 is 3. The van der Waals surface area contributed by atoms with Crippen LogP contribution in [0.5, 0.6) is 17.2 Å². The molecule has 0 radical (unpaired) electrons. The van der Waals surface area contributed by atoms with Gasteiger partial charge in [0, 0.05) is 17.8 Å². The normalized spacial score (nSPS) is 10.5. The van der Waals surface area contributed by atoms with Crippen molar-refractivity contribution in [2.45, 2.75) is 26.7 Å². The summed E-state index contributed by atoms with van der Waals surface area (Å²) in [6, 6.07) is 11.6. The van der Waals surface area contributed by atoms with Crippen LogP contribution in [0.3, 0.4) is 0 Å². The largest absolute Gasteiger partial charge is 0.493 e. The second kappa shape index (κ2) is 9.13. The van der Waals surface area contributed by atoms with Gasteiger partial charge in [0.2, 0.25) is 11.7 Å². The van der Waals surface area contributed by atoms with Crippen LogP contribution >= 0.6 is 0 Å². The number of carbonyl (C=O) groups is 1. The van der Waals surface area contributed by atoms with Gasteiger partial charge in [-0.2, -0.15) is 0 Å². The molecular formula is C21H27NO4. The first kappa shape index (κ1) is 19.6. The van der Waals surface area contributed by atoms with Crippen molar-refractivity contribution in [2.24, 2.45) is 5.92 Å². The van der Waals surface area contributed by atoms with Gasteiger partial charge >= 0.3 is 0 Å². The molecule has 2 aromatic rings. The number of rotatable bonds is 8. The molecule has 0 saturated carbocycles. The van der Waals surface area contributed by atoms with Gasteiger partial charge in [-0.15, -0.1) is 0 Å². The number of benzene rings is 2. The third-order valence-corrected chi connectivity index (χ3v) is 3.98. The Labute approximate surface area is 155 Å². The second-order valence-corrected chi connectivity index (χ2v) is 6.55. The first-order chi connectivity index (χ1) is 12.5. The van der Waals surface area contributed by atoms with Crippen molar-refractivity contribution < 1.29 is 19.0 Å². The molecule has 5 heteroatoms. The van der Waals surface area contributed by atoms with E-state index in [0.29, 0.717) is 35.3 Å². The molecule has 1 amide bonds. The fraction of sp³-hybridized carbons (Fsp3) is 0.381. The second-order valence-electron chi connectivity index (χ2n) is 6.55. The number of carbonyl (C=O) groups excluding carboxylic acids is 1. The summed E-state index contributed by atoms with van der Waals surface area (Å²) in [5.74, 6) is 2.01. The fourth-order valence-corrected chi connectivity index (χ4v) is 2.81. The first-order valence-electron chi connectivity index (χ1n) is 8.64. The lowest BCUT2D eigenvalue weighted by Gasteiger charge is -2.14. The van der Waals surface area contributed by atoms with Crippen LogP contribution in [-0.4, -0.2) is 27.2 Å². The maximum Gasteiger partial charge on any atom is 0.228 e. The van der Waals surface area contributed by atoms with E-state index in [4.69, 9.17) is 14.2 Å². The monoisotopic (exact) mass is 357 g/mol. The molecule has 0 unspecified atom stereocenters. The minimum atomic E-state index is -0.101. The Morgan fingerprint density at radius 3 is 1.92 bits per heavy atom. The van der Waals surface area contributed by atoms with Gasteiger partial charge in [-0.1, -0.05) is 38.1 Å². The van der Waals surface area contributed by atoms with E-state index >= 15 is 0 Å². The smallest absolute Gasteiger partial charge is 0.228 e. The molecule has 0 heterocycles. The minimum absolute atomic E-state index is 0.101. The van der Waals surface area contributed by atoms with Gasteiger partial charge in [-0.3, -0.25) is 4.79 Å². The summed E-state index contributed by atoms with van der Waals surface area (Å²) in [5, 5.41) is 2.88. The molecule has 140 valence electrons. The summed E-state index contributed by atoms with van der Waals surface area (Å²) in [4.78, 5) is 12.4. The van der Waals surface area contributed by atoms with Crippen LogP contribution in [0.1, 0.15) is 25.0 Å². The lowest BCUT2D eigenvalue weighted by atomic mass is 10.0. The van der Waals surface area contributed by atoms with Crippen LogP contribution < -0.4 is 19.5 Å². The van der Waals surface area contributed by atoms with E-state index in [0.717, 1.165) is 12.0 Å². The number of hydrogen-bond acceptors (Lipinski definition) is 4. The van der Waals surface area contributed by atoms with Gasteiger partial charge in [0.05, 0.1) is 27.8 Å². The van der Waals surface area contributed by atoms with Crippen LogP contribution in [0.25, 0.3) is 0 Å². The number of ether oxygens (including phenoxy) is 3. The van der Waals surface area contributed by atoms with E-state index in [1.54, 1.807) is 33.5 Å². The predicted molar refractivity (Wildman–Crippen MR) is 103 cm³/mol. The van der Waals surface area contributed by atoms with E-state index in [1.165, 1.54) is 5.56 Å². The molecule has 1 N–H and O–H groups in total. The highest BCUT2D eigenvalue weighted by Crippen LogP contribution is 2.39. The SMILES string of the molecule is COc1cc(NC(=O)Cc2ccc(CC(C)C)cc2)cc(OC)c1OC. The number of amides is 1. The molecule has 0 aliphatic carbocycles. The number of anilines is 1. The molecule has 5 nitrogen and oxygen atoms in total. The minimum Gasteiger partial charge on any atom is -0.493 e. The highest BCUT2D eigenvalue weighted by atomic mass is 16.5. The van der Waals surface area contributed by atoms with Crippen molar-refractivity contribution in [2.75, 3.05) is 26.6 Å². The zero-order chi connectivity index (χ0) is 19.1. The average molecular weight is 357 g/mol. The van der Waals surface area contributed by atoms with Gasteiger partial charge in [0.15, 0.2) is 11.5 Å². The highest BCUT2D eigenvalue weighted by molar-refractivity contribution is 5.93. The summed E-state index contributed by atoms with van der Waals surface area (Å²) in [5.41, 5.74) is 2.86. The Morgan fingerprint density at radius 2 is 1.46 bits per heavy atom. The van der Waals surface area contributed by atoms with E-state index in [-0.39, 0.29) is 5.91 Å². The quantitative estimate of drug-likeness (QED) is 0.773. The molecule has 0 saturated heterocycles. The van der Waals surface area contributed by atoms with Crippen molar-refractivity contribution in [3.8, 4) is 17.2 Å². The molecule has 26 heavy (non-hydrogen) atoms. The highest BCUT2D eigenvalue weighted by Gasteiger charge is 2.14. The Balaban J connectivity index is 2.07. The van der Waals surface area contributed by atoms with Crippen LogP contribution in [0.2, 0.25) is 0 Å². The zero-order valence-corrected chi connectivity index (χ0v) is 16.1. The van der Waals surface area contributed by atoms with Crippen molar-refractivity contribution in [3.05, 3.63) is 47.5 Å². The summed E-state index contributed by atoms with van der Waals surface area (Å²) >= 11 is 0. The van der Waals surface area contributed by atoms with E-state index in [2.05, 4.69) is 31.3 Å². The molecular weight excluding hydrogens is 330 g/mol. The topological polar surface area (TPSA) is 56.8 Å². The summed E-state index contributed by atoms with van der Waals surface area (Å²) < 4.78 is 15.9. The number of hydrogen-bond donors (Lipinski definition) is 1. The Morgan fingerprint density at radius 1 is 0.923 bits per heavy atom. The molecule has 0 aliphatic heterocycles. The molecule has 0 aliphatic rings. The maximum atomic E-state index is 12.4. The van der Waals surface area contributed by atoms with E-state index in [9.17, 15) is 4.79 Å². The molecule has 0 aromatic heterocycles. The summed E-state index contributed by atoms with van der Waals surface area (Å²) in [7, 11) is 4.63. The molecule has 0 spiro atoms. The first-order valence-corrected chi connectivity index (χ1v) is 8.64. The fourth-order valence-electron chi connectivity index (χ4n) is 2.81. The molecule has 0 atom stereocenters. The van der Waals surface area contributed by atoms with E-state index in [1.807, 2.05) is 12.1 Å². The molecule has 0 bridgehead atoms. The Hall–Kier alpha value is -2.69. The van der Waals surface area contributed by atoms with Gasteiger partial charge in [-0.25, -0.2) is 0 Å². The lowest BCUT2D eigenvalue weighted by molar-refractivity contribution is -0.115. The van der Waals surface area contributed by atoms with Crippen molar-refractivity contribution >= 4 is 11.6 Å². The summed E-state index contributed by atoms with van der Waals surface area (Å²) in [6.45, 7) is 4.39. The van der Waals surface area contributed by atoms with Crippen LogP contribution in [-0.2, 0) is 17.6 Å². The lowest BCUT2D eigenvalue weighted by Crippen LogP contribution is -2.14. The number of nitrogens with one attached hydrogen (secondary N) is 1. The molecule has 2 rings (SSSR count). The molecule has 0 fully saturated rings. The van der Waals surface area contributed by atoms with Gasteiger partial charge in [0.1, 0.15) is 0 Å². The third kappa shape index (κ3) is 5.15. The van der Waals surface area contributed by atoms with Gasteiger partial charge in [-0.05, 0) is 23.5 Å². The Bertz CT molecular complexity index is 713. The van der Waals surface area contributed by atoms with Gasteiger partial charge < -0.3 is 19.5 Å². The average Bonchev–Trinajstić information content (AvgIpc) is 2.61. The van der Waals surface area contributed by atoms with Crippen LogP contribution in [0, 0.1) is 5.92 Å². The third-order valence-electron chi connectivity index (χ3n) is 3.98. The van der Waals surface area contributed by atoms with Gasteiger partial charge in [0.25, 0.3) is 0 Å². The standard InChI is InChI=1S/C21H27NO4/c1-14(2)10-15-6-8-16(9-7-15)11-20(23)22-17-12-18(24-3)21(26-5)19(13-17)25-4/h6-9,12-14H,10-11H2,1-5H3,(H,22,23). The van der Waals surface area contributed by atoms with Crippen LogP contribution in [0.15, 0.2) is 36.4 Å². The van der Waals surface area contributed by atoms with E-state index < -0.39 is 0 Å². The van der Waals surface area contributed by atoms with Crippen molar-refractivity contribution in [1.82, 2.24) is 0 Å². The Kier molecular flexibility index (Phi) is 6.89. The zero-order valence-electron chi connectivity index (χ0n) is 16.1. The van der Waals surface area contributed by atoms with Crippen molar-refractivity contribution in [3.63, 3.8) is 0 Å². The summed E-state index contributed by atoms with van der Waals surface area (Å²) in [6.07, 6.45) is 1.34. The van der Waals surface area contributed by atoms with Crippen molar-refractivity contribution in [1.29, 1.82) is 0 Å². The molecule has 2 aromatic carbocycles. The maximum absolute atomic E-state index is 12.4. The van der Waals surface area contributed by atoms with Crippen LogP contribution in [0.4, 0.5) is 5.69 Å². The predicted octanol–water partition coefficient (Wildman–Crippen LogP) is 4.09.